The number of aromatic nitrogens is 2. The maximum absolute atomic E-state index is 4.48. The van der Waals surface area contributed by atoms with Crippen molar-refractivity contribution in [2.24, 2.45) is 0 Å². The topological polar surface area (TPSA) is 32.3 Å². The first-order valence-electron chi connectivity index (χ1n) is 13.1. The van der Waals surface area contributed by atoms with E-state index in [2.05, 4.69) is 102 Å². The van der Waals surface area contributed by atoms with Crippen molar-refractivity contribution in [3.05, 3.63) is 106 Å². The van der Waals surface area contributed by atoms with E-state index in [1.165, 1.54) is 55.7 Å². The number of thiazole rings is 1. The Labute approximate surface area is 225 Å². The number of hydrogen-bond acceptors (Lipinski definition) is 5. The maximum atomic E-state index is 4.48. The Hall–Kier alpha value is -3.28. The molecule has 0 saturated carbocycles. The summed E-state index contributed by atoms with van der Waals surface area (Å²) in [6.45, 7) is 15.3. The van der Waals surface area contributed by atoms with Gasteiger partial charge in [0.05, 0.1) is 14.9 Å². The zero-order valence-electron chi connectivity index (χ0n) is 22.4. The highest BCUT2D eigenvalue weighted by atomic mass is 32.1. The summed E-state index contributed by atoms with van der Waals surface area (Å²) < 4.78 is 1.38. The molecule has 1 aromatic carbocycles. The molecule has 37 heavy (non-hydrogen) atoms. The molecule has 1 fully saturated rings. The molecule has 0 unspecified atom stereocenters. The molecule has 1 saturated heterocycles. The third-order valence-corrected chi connectivity index (χ3v) is 7.65. The summed E-state index contributed by atoms with van der Waals surface area (Å²) in [6, 6.07) is 12.7. The average Bonchev–Trinajstić information content (AvgIpc) is 3.32. The van der Waals surface area contributed by atoms with Gasteiger partial charge in [0.2, 0.25) is 0 Å². The summed E-state index contributed by atoms with van der Waals surface area (Å²) in [4.78, 5) is 13.9. The fourth-order valence-corrected chi connectivity index (χ4v) is 5.74. The first-order chi connectivity index (χ1) is 18.1. The number of fused-ring (bicyclic) bond motifs is 1. The molecular weight excluding hydrogens is 472 g/mol. The van der Waals surface area contributed by atoms with Gasteiger partial charge in [-0.05, 0) is 68.5 Å². The van der Waals surface area contributed by atoms with Crippen LogP contribution in [0, 0.1) is 6.92 Å². The zero-order valence-corrected chi connectivity index (χ0v) is 23.2. The summed E-state index contributed by atoms with van der Waals surface area (Å²) in [5, 5.41) is 2.44. The number of nitrogens with zero attached hydrogens (tertiary/aromatic N) is 4. The Balaban J connectivity index is 0.000000241. The van der Waals surface area contributed by atoms with Crippen molar-refractivity contribution in [2.45, 2.75) is 40.2 Å². The van der Waals surface area contributed by atoms with E-state index in [0.29, 0.717) is 0 Å². The number of rotatable bonds is 6. The molecule has 5 rings (SSSR count). The minimum Gasteiger partial charge on any atom is -0.369 e. The Morgan fingerprint density at radius 3 is 2.54 bits per heavy atom. The van der Waals surface area contributed by atoms with E-state index in [4.69, 9.17) is 0 Å². The molecule has 192 valence electrons. The van der Waals surface area contributed by atoms with Gasteiger partial charge >= 0.3 is 0 Å². The van der Waals surface area contributed by atoms with Crippen molar-refractivity contribution in [1.29, 1.82) is 0 Å². The average molecular weight is 511 g/mol. The first-order valence-corrected chi connectivity index (χ1v) is 13.9. The van der Waals surface area contributed by atoms with Gasteiger partial charge in [-0.25, -0.2) is 4.98 Å². The lowest BCUT2D eigenvalue weighted by Crippen LogP contribution is -2.45. The second-order valence-corrected chi connectivity index (χ2v) is 10.7. The second-order valence-electron chi connectivity index (χ2n) is 9.51. The standard InChI is InChI=1S/C23H27N3.C9H11NS/c1-3-8-23(9-4-2)26-14-12-25(13-15-26)19-20-16-22(18-24-17-20)21-10-6-5-7-11-21;1-6-4-3-5-8-9(6)10-7(2)11-8/h3-11,16-18H,1,12-15,19H2,2H3;5H,3-4H2,1-2H3/b9-4-,23-8+;. The third kappa shape index (κ3) is 7.37. The van der Waals surface area contributed by atoms with Crippen molar-refractivity contribution in [1.82, 2.24) is 19.8 Å². The van der Waals surface area contributed by atoms with E-state index in [1.807, 2.05) is 24.5 Å². The number of allylic oxidation sites excluding steroid dienone is 4. The van der Waals surface area contributed by atoms with Crippen LogP contribution >= 0.6 is 11.3 Å². The number of hydrogen-bond donors (Lipinski definition) is 0. The van der Waals surface area contributed by atoms with Crippen LogP contribution in [0.2, 0.25) is 0 Å². The highest BCUT2D eigenvalue weighted by molar-refractivity contribution is 7.09. The van der Waals surface area contributed by atoms with Crippen molar-refractivity contribution in [2.75, 3.05) is 26.2 Å². The molecular formula is C32H38N4S. The van der Waals surface area contributed by atoms with Crippen LogP contribution in [0.15, 0.2) is 85.4 Å². The van der Waals surface area contributed by atoms with Gasteiger partial charge in [0.25, 0.3) is 0 Å². The van der Waals surface area contributed by atoms with Gasteiger partial charge in [0.1, 0.15) is 0 Å². The van der Waals surface area contributed by atoms with E-state index in [1.54, 1.807) is 11.3 Å². The van der Waals surface area contributed by atoms with Gasteiger partial charge in [0, 0.05) is 56.4 Å². The number of benzene rings is 1. The summed E-state index contributed by atoms with van der Waals surface area (Å²) in [5.41, 5.74) is 6.38. The van der Waals surface area contributed by atoms with E-state index in [9.17, 15) is 0 Å². The minimum atomic E-state index is 0.950. The Kier molecular flexibility index (Phi) is 9.64. The second kappa shape index (κ2) is 13.3. The lowest BCUT2D eigenvalue weighted by molar-refractivity contribution is 0.155. The largest absolute Gasteiger partial charge is 0.369 e. The normalized spacial score (nSPS) is 16.1. The van der Waals surface area contributed by atoms with E-state index < -0.39 is 0 Å². The summed E-state index contributed by atoms with van der Waals surface area (Å²) in [5.74, 6) is 0. The van der Waals surface area contributed by atoms with Crippen LogP contribution in [-0.2, 0) is 6.54 Å². The van der Waals surface area contributed by atoms with Gasteiger partial charge < -0.3 is 4.90 Å². The Morgan fingerprint density at radius 1 is 1.05 bits per heavy atom. The van der Waals surface area contributed by atoms with Gasteiger partial charge in [-0.3, -0.25) is 9.88 Å². The molecule has 0 atom stereocenters. The van der Waals surface area contributed by atoms with E-state index in [-0.39, 0.29) is 0 Å². The van der Waals surface area contributed by atoms with Crippen LogP contribution in [-0.4, -0.2) is 45.9 Å². The molecule has 2 aromatic heterocycles. The zero-order chi connectivity index (χ0) is 26.0. The monoisotopic (exact) mass is 510 g/mol. The molecule has 0 N–H and O–H groups in total. The number of aryl methyl sites for hydroxylation is 1. The number of piperazine rings is 1. The smallest absolute Gasteiger partial charge is 0.0907 e. The van der Waals surface area contributed by atoms with E-state index in [0.717, 1.165) is 32.7 Å². The van der Waals surface area contributed by atoms with Gasteiger partial charge in [0.15, 0.2) is 0 Å². The molecule has 3 aromatic rings. The SMILES string of the molecule is C=C/C=C(\C=C/C)N1CCN(Cc2cncc(-c3ccccc3)c2)CC1.CC1=c2nc(C)sc2=CCC1. The van der Waals surface area contributed by atoms with Gasteiger partial charge in [-0.2, -0.15) is 0 Å². The van der Waals surface area contributed by atoms with Crippen LogP contribution in [0.4, 0.5) is 0 Å². The molecule has 2 aliphatic rings. The third-order valence-electron chi connectivity index (χ3n) is 6.69. The number of pyridine rings is 1. The summed E-state index contributed by atoms with van der Waals surface area (Å²) in [6.07, 6.45) is 16.8. The molecule has 1 aliphatic carbocycles. The molecule has 5 heteroatoms. The van der Waals surface area contributed by atoms with Gasteiger partial charge in [-0.15, -0.1) is 11.3 Å². The van der Waals surface area contributed by atoms with Crippen LogP contribution in [0.25, 0.3) is 22.8 Å². The first kappa shape index (κ1) is 26.8. The van der Waals surface area contributed by atoms with Crippen LogP contribution in [0.1, 0.15) is 37.3 Å². The molecule has 0 spiro atoms. The van der Waals surface area contributed by atoms with Crippen molar-refractivity contribution >= 4 is 23.0 Å². The van der Waals surface area contributed by atoms with Crippen molar-refractivity contribution in [3.63, 3.8) is 0 Å². The Bertz CT molecular complexity index is 1360. The van der Waals surface area contributed by atoms with Crippen LogP contribution < -0.4 is 9.88 Å². The lowest BCUT2D eigenvalue weighted by Gasteiger charge is -2.36. The van der Waals surface area contributed by atoms with Gasteiger partial charge in [-0.1, -0.05) is 55.1 Å². The van der Waals surface area contributed by atoms with E-state index >= 15 is 0 Å². The molecule has 0 amide bonds. The van der Waals surface area contributed by atoms with Crippen molar-refractivity contribution < 1.29 is 0 Å². The predicted molar refractivity (Wildman–Crippen MR) is 158 cm³/mol. The van der Waals surface area contributed by atoms with Crippen LogP contribution in [0.3, 0.4) is 0 Å². The summed E-state index contributed by atoms with van der Waals surface area (Å²) in [7, 11) is 0. The quantitative estimate of drug-likeness (QED) is 0.398. The fourth-order valence-electron chi connectivity index (χ4n) is 4.77. The predicted octanol–water partition coefficient (Wildman–Crippen LogP) is 5.71. The lowest BCUT2D eigenvalue weighted by atomic mass is 10.1. The molecule has 0 bridgehead atoms. The van der Waals surface area contributed by atoms with Crippen molar-refractivity contribution in [3.8, 4) is 11.1 Å². The molecule has 3 heterocycles. The highest BCUT2D eigenvalue weighted by Crippen LogP contribution is 2.20. The molecule has 4 nitrogen and oxygen atoms in total. The Morgan fingerprint density at radius 2 is 1.84 bits per heavy atom. The molecule has 0 radical (unpaired) electrons. The highest BCUT2D eigenvalue weighted by Gasteiger charge is 2.18. The maximum Gasteiger partial charge on any atom is 0.0907 e. The molecule has 1 aliphatic heterocycles. The minimum absolute atomic E-state index is 0.950. The van der Waals surface area contributed by atoms with Crippen LogP contribution in [0.5, 0.6) is 0 Å². The fraction of sp³-hybridized carbons (Fsp3) is 0.312. The summed E-state index contributed by atoms with van der Waals surface area (Å²) >= 11 is 1.81.